The molecule has 0 saturated carbocycles. The van der Waals surface area contributed by atoms with Crippen LogP contribution in [0.3, 0.4) is 0 Å². The Morgan fingerprint density at radius 3 is 2.11 bits per heavy atom. The predicted molar refractivity (Wildman–Crippen MR) is 282 cm³/mol. The summed E-state index contributed by atoms with van der Waals surface area (Å²) < 4.78 is 35.0. The number of anilines is 1. The number of benzene rings is 6. The summed E-state index contributed by atoms with van der Waals surface area (Å²) in [4.78, 5) is 70.6. The van der Waals surface area contributed by atoms with E-state index in [1.165, 1.54) is 7.11 Å². The number of imide groups is 1. The molecule has 0 bridgehead atoms. The number of aliphatic hydroxyl groups is 1. The highest BCUT2D eigenvalue weighted by atomic mass is 16.6. The van der Waals surface area contributed by atoms with Crippen LogP contribution in [0, 0.1) is 17.8 Å². The first-order valence-electron chi connectivity index (χ1n) is 25.4. The fraction of sp³-hybridized carbons (Fsp3) is 0.311. The van der Waals surface area contributed by atoms with Crippen molar-refractivity contribution in [3.05, 3.63) is 190 Å². The van der Waals surface area contributed by atoms with Crippen molar-refractivity contribution in [3.8, 4) is 29.1 Å². The third kappa shape index (κ3) is 9.54. The zero-order valence-corrected chi connectivity index (χ0v) is 42.9. The van der Waals surface area contributed by atoms with E-state index in [0.29, 0.717) is 59.0 Å². The minimum atomic E-state index is -2.04. The van der Waals surface area contributed by atoms with E-state index >= 15 is 14.4 Å². The van der Waals surface area contributed by atoms with Crippen LogP contribution < -0.4 is 19.1 Å². The fourth-order valence-corrected chi connectivity index (χ4v) is 11.6. The molecule has 1 N–H and O–H groups in total. The van der Waals surface area contributed by atoms with Crippen LogP contribution in [0.4, 0.5) is 10.5 Å². The van der Waals surface area contributed by atoms with E-state index in [1.807, 2.05) is 115 Å². The van der Waals surface area contributed by atoms with Crippen LogP contribution in [0.1, 0.15) is 62.7 Å². The van der Waals surface area contributed by atoms with Gasteiger partial charge in [-0.1, -0.05) is 115 Å². The molecule has 3 amide bonds. The van der Waals surface area contributed by atoms with E-state index < -0.39 is 59.4 Å². The lowest BCUT2D eigenvalue weighted by Crippen LogP contribution is -2.57. The molecule has 6 aromatic rings. The summed E-state index contributed by atoms with van der Waals surface area (Å²) in [5.74, 6) is 4.69. The normalized spacial score (nSPS) is 21.5. The van der Waals surface area contributed by atoms with E-state index in [9.17, 15) is 9.90 Å². The molecule has 6 unspecified atom stereocenters. The summed E-state index contributed by atoms with van der Waals surface area (Å²) in [5.41, 5.74) is 3.91. The SMILES string of the molecule is COCCOC(=O)N1C(=O)C2(c3cc(C#CCN(C)Cc4ccccc4)ccc31)C(C(=O)N1CCc3cc(OC)c(OC)cc3C1)C1C(=O)OC(c3ccccc3)C(c3ccccc3)N1C2c1ccc(OCCO)cc1. The lowest BCUT2D eigenvalue weighted by molar-refractivity contribution is -0.179. The Bertz CT molecular complexity index is 3150. The van der Waals surface area contributed by atoms with Crippen molar-refractivity contribution in [1.82, 2.24) is 14.7 Å². The molecule has 0 aromatic heterocycles. The first kappa shape index (κ1) is 51.5. The van der Waals surface area contributed by atoms with Gasteiger partial charge in [0.05, 0.1) is 57.7 Å². The summed E-state index contributed by atoms with van der Waals surface area (Å²) in [7, 11) is 6.59. The number of hydrogen-bond donors (Lipinski definition) is 1. The standard InChI is InChI=1S/C61H60N4O11/c1-62(38-41-15-8-5-9-16-41)29-14-17-40-22-27-49-48(35-40)61(59(69)64(49)60(70)75-34-33-71-2)52(57(67)63-30-28-45-36-50(72-3)51(73-4)37-46(45)39-63)54-58(68)76-55(43-20-12-7-13-21-43)53(42-18-10-6-11-19-42)65(54)56(61)44-23-25-47(26-24-44)74-32-31-66/h5-13,15-16,18-27,35-37,52-56,66H,28-34,38-39H2,1-4H3. The number of esters is 1. The van der Waals surface area contributed by atoms with Crippen LogP contribution in [0.5, 0.6) is 17.2 Å². The number of carbonyl (C=O) groups excluding carboxylic acids is 4. The van der Waals surface area contributed by atoms with Gasteiger partial charge in [0.15, 0.2) is 11.5 Å². The zero-order valence-electron chi connectivity index (χ0n) is 42.9. The molecule has 390 valence electrons. The number of amides is 3. The van der Waals surface area contributed by atoms with Crippen molar-refractivity contribution < 1.29 is 52.7 Å². The molecule has 6 atom stereocenters. The van der Waals surface area contributed by atoms with Gasteiger partial charge in [-0.05, 0) is 94.9 Å². The molecule has 0 radical (unpaired) electrons. The van der Waals surface area contributed by atoms with Crippen LogP contribution in [0.25, 0.3) is 0 Å². The lowest BCUT2D eigenvalue weighted by atomic mass is 9.64. The van der Waals surface area contributed by atoms with Gasteiger partial charge in [-0.2, -0.15) is 0 Å². The van der Waals surface area contributed by atoms with Crippen molar-refractivity contribution in [2.75, 3.05) is 72.8 Å². The van der Waals surface area contributed by atoms with Gasteiger partial charge in [0.1, 0.15) is 36.5 Å². The minimum absolute atomic E-state index is 0.0354. The van der Waals surface area contributed by atoms with Gasteiger partial charge < -0.3 is 38.4 Å². The predicted octanol–water partition coefficient (Wildman–Crippen LogP) is 7.59. The van der Waals surface area contributed by atoms with Crippen molar-refractivity contribution in [2.24, 2.45) is 5.92 Å². The van der Waals surface area contributed by atoms with Gasteiger partial charge in [0.2, 0.25) is 11.8 Å². The summed E-state index contributed by atoms with van der Waals surface area (Å²) in [5, 5.41) is 9.70. The Labute approximate surface area is 442 Å². The number of fused-ring (bicyclic) bond motifs is 4. The smallest absolute Gasteiger partial charge is 0.421 e. The number of aliphatic hydroxyl groups excluding tert-OH is 1. The van der Waals surface area contributed by atoms with Gasteiger partial charge in [0, 0.05) is 32.3 Å². The van der Waals surface area contributed by atoms with Crippen molar-refractivity contribution >= 4 is 29.6 Å². The highest BCUT2D eigenvalue weighted by molar-refractivity contribution is 6.23. The number of methoxy groups -OCH3 is 3. The first-order chi connectivity index (χ1) is 37.1. The molecular formula is C61H60N4O11. The second kappa shape index (κ2) is 22.5. The largest absolute Gasteiger partial charge is 0.493 e. The number of rotatable bonds is 15. The number of nitrogens with zero attached hydrogens (tertiary/aromatic N) is 4. The fourth-order valence-electron chi connectivity index (χ4n) is 11.6. The second-order valence-electron chi connectivity index (χ2n) is 19.3. The Kier molecular flexibility index (Phi) is 15.2. The second-order valence-corrected chi connectivity index (χ2v) is 19.3. The molecule has 2 fully saturated rings. The number of cyclic esters (lactones) is 1. The van der Waals surface area contributed by atoms with E-state index in [1.54, 1.807) is 49.5 Å². The number of hydrogen-bond acceptors (Lipinski definition) is 13. The maximum absolute atomic E-state index is 16.8. The van der Waals surface area contributed by atoms with Crippen LogP contribution in [0.2, 0.25) is 0 Å². The van der Waals surface area contributed by atoms with Crippen molar-refractivity contribution in [2.45, 2.75) is 49.2 Å². The van der Waals surface area contributed by atoms with Gasteiger partial charge >= 0.3 is 12.1 Å². The first-order valence-corrected chi connectivity index (χ1v) is 25.4. The Balaban J connectivity index is 1.22. The molecular weight excluding hydrogens is 965 g/mol. The molecule has 1 spiro atoms. The summed E-state index contributed by atoms with van der Waals surface area (Å²) in [6.07, 6.45) is -1.46. The van der Waals surface area contributed by atoms with Gasteiger partial charge in [-0.25, -0.2) is 9.69 Å². The van der Waals surface area contributed by atoms with Gasteiger partial charge in [0.25, 0.3) is 0 Å². The Hall–Kier alpha value is -8.00. The molecule has 4 aliphatic heterocycles. The summed E-state index contributed by atoms with van der Waals surface area (Å²) in [6.45, 7) is 1.12. The van der Waals surface area contributed by atoms with Crippen LogP contribution in [0.15, 0.2) is 146 Å². The van der Waals surface area contributed by atoms with Crippen LogP contribution in [-0.4, -0.2) is 118 Å². The number of morpholine rings is 1. The zero-order chi connectivity index (χ0) is 52.9. The van der Waals surface area contributed by atoms with Crippen LogP contribution >= 0.6 is 0 Å². The van der Waals surface area contributed by atoms with E-state index in [0.717, 1.165) is 27.2 Å². The average Bonchev–Trinajstić information content (AvgIpc) is 3.95. The van der Waals surface area contributed by atoms with E-state index in [-0.39, 0.29) is 45.2 Å². The van der Waals surface area contributed by atoms with E-state index in [2.05, 4.69) is 28.9 Å². The summed E-state index contributed by atoms with van der Waals surface area (Å²) >= 11 is 0. The number of ether oxygens (including phenoxy) is 6. The highest BCUT2D eigenvalue weighted by Gasteiger charge is 2.76. The molecule has 76 heavy (non-hydrogen) atoms. The molecule has 2 saturated heterocycles. The minimum Gasteiger partial charge on any atom is -0.493 e. The molecule has 4 heterocycles. The van der Waals surface area contributed by atoms with E-state index in [4.69, 9.17) is 28.4 Å². The van der Waals surface area contributed by atoms with Crippen molar-refractivity contribution in [3.63, 3.8) is 0 Å². The Morgan fingerprint density at radius 2 is 1.43 bits per heavy atom. The quantitative estimate of drug-likeness (QED) is 0.0611. The average molecular weight is 1030 g/mol. The molecule has 6 aromatic carbocycles. The molecule has 15 heteroatoms. The third-order valence-electron chi connectivity index (χ3n) is 14.9. The monoisotopic (exact) mass is 1020 g/mol. The van der Waals surface area contributed by atoms with Gasteiger partial charge in [-0.15, -0.1) is 0 Å². The Morgan fingerprint density at radius 1 is 0.763 bits per heavy atom. The maximum atomic E-state index is 16.8. The highest BCUT2D eigenvalue weighted by Crippen LogP contribution is 2.66. The molecule has 0 aliphatic carbocycles. The maximum Gasteiger partial charge on any atom is 0.421 e. The molecule has 4 aliphatic rings. The summed E-state index contributed by atoms with van der Waals surface area (Å²) in [6, 6.07) is 41.9. The molecule has 15 nitrogen and oxygen atoms in total. The molecule has 10 rings (SSSR count). The van der Waals surface area contributed by atoms with Crippen molar-refractivity contribution in [1.29, 1.82) is 0 Å². The van der Waals surface area contributed by atoms with Gasteiger partial charge in [-0.3, -0.25) is 24.2 Å². The third-order valence-corrected chi connectivity index (χ3v) is 14.9. The topological polar surface area (TPSA) is 157 Å². The lowest BCUT2D eigenvalue weighted by Gasteiger charge is -2.46. The van der Waals surface area contributed by atoms with Crippen LogP contribution in [-0.2, 0) is 53.5 Å². The number of carbonyl (C=O) groups is 4.